The van der Waals surface area contributed by atoms with E-state index in [0.29, 0.717) is 22.9 Å². The Kier molecular flexibility index (Phi) is 5.99. The zero-order valence-electron chi connectivity index (χ0n) is 18.3. The third kappa shape index (κ3) is 4.49. The molecule has 0 bridgehead atoms. The van der Waals surface area contributed by atoms with E-state index in [1.165, 1.54) is 19.2 Å². The van der Waals surface area contributed by atoms with Gasteiger partial charge in [0.2, 0.25) is 12.7 Å². The number of rotatable bonds is 7. The van der Waals surface area contributed by atoms with Crippen molar-refractivity contribution in [3.63, 3.8) is 0 Å². The van der Waals surface area contributed by atoms with Crippen LogP contribution in [0.25, 0.3) is 5.69 Å². The lowest BCUT2D eigenvalue weighted by Crippen LogP contribution is -2.19. The second kappa shape index (κ2) is 9.03. The number of methoxy groups -OCH3 is 1. The number of non-ortho nitro benzene ring substituents is 1. The SMILES string of the molecule is COc1cc([N+](=O)[O-])ccc1-n1c(C)cc(/C=N\NC(=O)Cc2ccc3c(c2)OCO3)c1C. The highest BCUT2D eigenvalue weighted by atomic mass is 16.7. The minimum atomic E-state index is -0.466. The molecule has 10 nitrogen and oxygen atoms in total. The van der Waals surface area contributed by atoms with Gasteiger partial charge in [-0.15, -0.1) is 0 Å². The third-order valence-electron chi connectivity index (χ3n) is 5.28. The molecule has 0 saturated heterocycles. The Balaban J connectivity index is 1.48. The van der Waals surface area contributed by atoms with E-state index in [2.05, 4.69) is 10.5 Å². The number of carbonyl (C=O) groups is 1. The van der Waals surface area contributed by atoms with E-state index in [9.17, 15) is 14.9 Å². The number of amides is 1. The average Bonchev–Trinajstić information content (AvgIpc) is 3.36. The van der Waals surface area contributed by atoms with Gasteiger partial charge in [-0.25, -0.2) is 5.43 Å². The van der Waals surface area contributed by atoms with Gasteiger partial charge in [0, 0.05) is 23.0 Å². The summed E-state index contributed by atoms with van der Waals surface area (Å²) < 4.78 is 17.9. The zero-order chi connectivity index (χ0) is 23.5. The van der Waals surface area contributed by atoms with Crippen molar-refractivity contribution >= 4 is 17.8 Å². The number of nitro benzene ring substituents is 1. The number of ether oxygens (including phenoxy) is 3. The van der Waals surface area contributed by atoms with Crippen molar-refractivity contribution in [3.05, 3.63) is 75.1 Å². The molecule has 2 aromatic carbocycles. The number of hydrogen-bond donors (Lipinski definition) is 1. The summed E-state index contributed by atoms with van der Waals surface area (Å²) in [5, 5.41) is 15.2. The van der Waals surface area contributed by atoms with Crippen LogP contribution in [0.2, 0.25) is 0 Å². The Morgan fingerprint density at radius 2 is 2.00 bits per heavy atom. The minimum Gasteiger partial charge on any atom is -0.494 e. The molecule has 0 unspecified atom stereocenters. The number of hydrogen-bond acceptors (Lipinski definition) is 7. The molecule has 1 aromatic heterocycles. The number of nitro groups is 1. The summed E-state index contributed by atoms with van der Waals surface area (Å²) >= 11 is 0. The first-order chi connectivity index (χ1) is 15.9. The topological polar surface area (TPSA) is 117 Å². The van der Waals surface area contributed by atoms with E-state index in [1.54, 1.807) is 24.4 Å². The predicted octanol–water partition coefficient (Wildman–Crippen LogP) is 3.43. The Hall–Kier alpha value is -4.34. The van der Waals surface area contributed by atoms with Gasteiger partial charge in [0.15, 0.2) is 11.5 Å². The van der Waals surface area contributed by atoms with Gasteiger partial charge >= 0.3 is 0 Å². The van der Waals surface area contributed by atoms with E-state index in [-0.39, 0.29) is 24.8 Å². The number of nitrogens with one attached hydrogen (secondary N) is 1. The molecule has 4 rings (SSSR count). The van der Waals surface area contributed by atoms with E-state index < -0.39 is 4.92 Å². The Labute approximate surface area is 189 Å². The summed E-state index contributed by atoms with van der Waals surface area (Å²) in [6, 6.07) is 11.7. The van der Waals surface area contributed by atoms with Crippen molar-refractivity contribution in [1.29, 1.82) is 0 Å². The largest absolute Gasteiger partial charge is 0.494 e. The number of nitrogens with zero attached hydrogens (tertiary/aromatic N) is 3. The van der Waals surface area contributed by atoms with Crippen LogP contribution in [0, 0.1) is 24.0 Å². The van der Waals surface area contributed by atoms with E-state index in [0.717, 1.165) is 22.5 Å². The molecule has 1 N–H and O–H groups in total. The molecule has 0 fully saturated rings. The van der Waals surface area contributed by atoms with Crippen molar-refractivity contribution in [3.8, 4) is 22.9 Å². The van der Waals surface area contributed by atoms with Crippen LogP contribution in [0.15, 0.2) is 47.6 Å². The maximum absolute atomic E-state index is 12.3. The first-order valence-electron chi connectivity index (χ1n) is 10.1. The molecule has 0 radical (unpaired) electrons. The average molecular weight is 450 g/mol. The third-order valence-corrected chi connectivity index (χ3v) is 5.28. The van der Waals surface area contributed by atoms with Gasteiger partial charge in [0.1, 0.15) is 5.75 Å². The predicted molar refractivity (Wildman–Crippen MR) is 120 cm³/mol. The number of aromatic nitrogens is 1. The molecular formula is C23H22N4O6. The van der Waals surface area contributed by atoms with Crippen molar-refractivity contribution in [2.75, 3.05) is 13.9 Å². The second-order valence-corrected chi connectivity index (χ2v) is 7.43. The molecule has 1 amide bonds. The molecule has 0 spiro atoms. The van der Waals surface area contributed by atoms with Gasteiger partial charge in [-0.05, 0) is 43.7 Å². The lowest BCUT2D eigenvalue weighted by Gasteiger charge is -2.13. The first-order valence-corrected chi connectivity index (χ1v) is 10.1. The molecule has 3 aromatic rings. The van der Waals surface area contributed by atoms with Crippen LogP contribution in [0.4, 0.5) is 5.69 Å². The molecule has 33 heavy (non-hydrogen) atoms. The fourth-order valence-electron chi connectivity index (χ4n) is 3.70. The highest BCUT2D eigenvalue weighted by molar-refractivity contribution is 5.85. The number of hydrazone groups is 1. The normalized spacial score (nSPS) is 12.2. The molecule has 0 aliphatic carbocycles. The highest BCUT2D eigenvalue weighted by Crippen LogP contribution is 2.33. The summed E-state index contributed by atoms with van der Waals surface area (Å²) in [5.74, 6) is 1.40. The summed E-state index contributed by atoms with van der Waals surface area (Å²) in [7, 11) is 1.47. The Bertz CT molecular complexity index is 1260. The molecular weight excluding hydrogens is 428 g/mol. The smallest absolute Gasteiger partial charge is 0.273 e. The molecule has 170 valence electrons. The van der Waals surface area contributed by atoms with Crippen molar-refractivity contribution in [1.82, 2.24) is 9.99 Å². The fraction of sp³-hybridized carbons (Fsp3) is 0.217. The van der Waals surface area contributed by atoms with E-state index in [1.807, 2.05) is 30.5 Å². The van der Waals surface area contributed by atoms with Gasteiger partial charge in [0.05, 0.1) is 36.4 Å². The lowest BCUT2D eigenvalue weighted by atomic mass is 10.1. The monoisotopic (exact) mass is 450 g/mol. The van der Waals surface area contributed by atoms with Crippen molar-refractivity contribution in [2.45, 2.75) is 20.3 Å². The van der Waals surface area contributed by atoms with Gasteiger partial charge in [-0.2, -0.15) is 5.10 Å². The zero-order valence-corrected chi connectivity index (χ0v) is 18.3. The molecule has 2 heterocycles. The summed E-state index contributed by atoms with van der Waals surface area (Å²) in [6.07, 6.45) is 1.71. The Morgan fingerprint density at radius 1 is 1.21 bits per heavy atom. The second-order valence-electron chi connectivity index (χ2n) is 7.43. The van der Waals surface area contributed by atoms with Gasteiger partial charge in [-0.3, -0.25) is 14.9 Å². The molecule has 1 aliphatic heterocycles. The van der Waals surface area contributed by atoms with Crippen LogP contribution in [0.1, 0.15) is 22.5 Å². The first kappa shape index (κ1) is 21.9. The van der Waals surface area contributed by atoms with Crippen LogP contribution in [0.5, 0.6) is 17.2 Å². The number of benzene rings is 2. The van der Waals surface area contributed by atoms with Crippen LogP contribution < -0.4 is 19.6 Å². The van der Waals surface area contributed by atoms with Crippen molar-refractivity contribution < 1.29 is 23.9 Å². The number of fused-ring (bicyclic) bond motifs is 1. The highest BCUT2D eigenvalue weighted by Gasteiger charge is 2.17. The van der Waals surface area contributed by atoms with Crippen LogP contribution >= 0.6 is 0 Å². The molecule has 0 saturated carbocycles. The summed E-state index contributed by atoms with van der Waals surface area (Å²) in [5.41, 5.74) is 6.45. The van der Waals surface area contributed by atoms with E-state index >= 15 is 0 Å². The van der Waals surface area contributed by atoms with Crippen molar-refractivity contribution in [2.24, 2.45) is 5.10 Å². The number of carbonyl (C=O) groups excluding carboxylic acids is 1. The summed E-state index contributed by atoms with van der Waals surface area (Å²) in [4.78, 5) is 22.9. The number of aryl methyl sites for hydroxylation is 1. The maximum Gasteiger partial charge on any atom is 0.273 e. The van der Waals surface area contributed by atoms with Gasteiger partial charge in [-0.1, -0.05) is 6.07 Å². The standard InChI is InChI=1S/C23H22N4O6/c1-14-8-17(15(2)26(14)19-6-5-18(27(29)30)11-21(19)31-3)12-24-25-23(28)10-16-4-7-20-22(9-16)33-13-32-20/h4-9,11-12H,10,13H2,1-3H3,(H,25,28)/b24-12-. The molecule has 0 atom stereocenters. The lowest BCUT2D eigenvalue weighted by molar-refractivity contribution is -0.384. The summed E-state index contributed by atoms with van der Waals surface area (Å²) in [6.45, 7) is 3.98. The Morgan fingerprint density at radius 3 is 2.76 bits per heavy atom. The maximum atomic E-state index is 12.3. The van der Waals surface area contributed by atoms with E-state index in [4.69, 9.17) is 14.2 Å². The van der Waals surface area contributed by atoms with Gasteiger partial charge < -0.3 is 18.8 Å². The fourth-order valence-corrected chi connectivity index (χ4v) is 3.70. The van der Waals surface area contributed by atoms with Crippen LogP contribution in [-0.2, 0) is 11.2 Å². The molecule has 1 aliphatic rings. The molecule has 10 heteroatoms. The minimum absolute atomic E-state index is 0.0509. The quantitative estimate of drug-likeness (QED) is 0.335. The van der Waals surface area contributed by atoms with Crippen LogP contribution in [-0.4, -0.2) is 35.5 Å². The van der Waals surface area contributed by atoms with Crippen LogP contribution in [0.3, 0.4) is 0 Å². The van der Waals surface area contributed by atoms with Gasteiger partial charge in [0.25, 0.3) is 5.69 Å².